The van der Waals surface area contributed by atoms with Crippen LogP contribution in [0.2, 0.25) is 0 Å². The average molecular weight is 190 g/mol. The molecule has 1 aliphatic heterocycles. The molecule has 65 valence electrons. The van der Waals surface area contributed by atoms with E-state index in [1.165, 1.54) is 0 Å². The van der Waals surface area contributed by atoms with E-state index in [9.17, 15) is 0 Å². The van der Waals surface area contributed by atoms with Crippen molar-refractivity contribution in [3.8, 4) is 0 Å². The summed E-state index contributed by atoms with van der Waals surface area (Å²) in [6.45, 7) is 5.39. The Kier molecular flexibility index (Phi) is 7.81. The number of rotatable bonds is 0. The van der Waals surface area contributed by atoms with E-state index in [2.05, 4.69) is 16.0 Å². The molecule has 1 rings (SSSR count). The van der Waals surface area contributed by atoms with Crippen molar-refractivity contribution in [2.45, 2.75) is 0 Å². The Hall–Kier alpha value is 0.399. The smallest absolute Gasteiger partial charge is 0 e. The van der Waals surface area contributed by atoms with Gasteiger partial charge < -0.3 is 16.0 Å². The molecule has 3 nitrogen and oxygen atoms in total. The molecule has 0 aromatic carbocycles. The summed E-state index contributed by atoms with van der Waals surface area (Å²) in [7, 11) is 0. The summed E-state index contributed by atoms with van der Waals surface area (Å²) in [6, 6.07) is 0. The summed E-state index contributed by atoms with van der Waals surface area (Å²) >= 11 is 0. The van der Waals surface area contributed by atoms with Crippen LogP contribution in [0.3, 0.4) is 0 Å². The molecule has 1 saturated heterocycles. The van der Waals surface area contributed by atoms with Crippen LogP contribution in [0.1, 0.15) is 0 Å². The van der Waals surface area contributed by atoms with Crippen LogP contribution in [0.15, 0.2) is 0 Å². The predicted octanol–water partition coefficient (Wildman–Crippen LogP) is 1.12. The van der Waals surface area contributed by atoms with E-state index in [0.29, 0.717) is 0 Å². The Balaban J connectivity index is 0.000000810. The van der Waals surface area contributed by atoms with E-state index in [0.717, 1.165) is 39.3 Å². The summed E-state index contributed by atoms with van der Waals surface area (Å²) in [5.74, 6) is 0. The fourth-order valence-electron chi connectivity index (χ4n) is 0.760. The van der Waals surface area contributed by atoms with Crippen LogP contribution in [-0.2, 0) is 17.1 Å². The molecule has 1 fully saturated rings. The minimum Gasteiger partial charge on any atom is -0.665 e. The molecule has 0 unspecified atom stereocenters. The molecule has 0 N–H and O–H groups in total. The first kappa shape index (κ1) is 10.4. The summed E-state index contributed by atoms with van der Waals surface area (Å²) in [6.07, 6.45) is 0. The van der Waals surface area contributed by atoms with Crippen molar-refractivity contribution in [3.63, 3.8) is 0 Å². The van der Waals surface area contributed by atoms with Gasteiger partial charge in [0.15, 0.2) is 0 Å². The van der Waals surface area contributed by atoms with Gasteiger partial charge in [-0.2, -0.15) is 39.3 Å². The van der Waals surface area contributed by atoms with Crippen molar-refractivity contribution in [1.82, 2.24) is 0 Å². The van der Waals surface area contributed by atoms with E-state index in [1.807, 2.05) is 0 Å². The van der Waals surface area contributed by atoms with E-state index < -0.39 is 0 Å². The van der Waals surface area contributed by atoms with Gasteiger partial charge in [0.25, 0.3) is 0 Å². The van der Waals surface area contributed by atoms with Crippen LogP contribution in [-0.4, -0.2) is 39.3 Å². The van der Waals surface area contributed by atoms with Crippen molar-refractivity contribution in [2.75, 3.05) is 39.3 Å². The first-order chi connectivity index (χ1) is 4.50. The third-order valence-electron chi connectivity index (χ3n) is 1.25. The maximum atomic E-state index is 4.20. The molecule has 0 saturated carbocycles. The van der Waals surface area contributed by atoms with Gasteiger partial charge in [-0.15, -0.1) is 0 Å². The molecule has 0 bridgehead atoms. The van der Waals surface area contributed by atoms with Crippen molar-refractivity contribution in [2.24, 2.45) is 0 Å². The second kappa shape index (κ2) is 7.51. The summed E-state index contributed by atoms with van der Waals surface area (Å²) in [5.41, 5.74) is 0. The summed E-state index contributed by atoms with van der Waals surface area (Å²) < 4.78 is 0. The zero-order valence-corrected chi connectivity index (χ0v) is 6.83. The molecular weight excluding hydrogens is 178 g/mol. The molecule has 0 amide bonds. The Morgan fingerprint density at radius 1 is 0.500 bits per heavy atom. The first-order valence-corrected chi connectivity index (χ1v) is 3.40. The first-order valence-electron chi connectivity index (χ1n) is 3.40. The van der Waals surface area contributed by atoms with Gasteiger partial charge in [-0.05, 0) is 0 Å². The average Bonchev–Trinajstić information content (AvgIpc) is 2.00. The minimum atomic E-state index is 0. The van der Waals surface area contributed by atoms with Gasteiger partial charge in [0.05, 0.1) is 0 Å². The second-order valence-electron chi connectivity index (χ2n) is 2.01. The zero-order valence-electron chi connectivity index (χ0n) is 5.89. The van der Waals surface area contributed by atoms with Crippen LogP contribution < -0.4 is 0 Å². The van der Waals surface area contributed by atoms with Gasteiger partial charge in [0.1, 0.15) is 0 Å². The quantitative estimate of drug-likeness (QED) is 0.513. The minimum absolute atomic E-state index is 0. The standard InChI is InChI=1S/C6H12N3.Cu/c1-2-8-5-6-9-4-3-7-1;/h1-6H2;/q-3;. The normalized spacial score (nSPS) is 21.6. The molecule has 1 heterocycles. The van der Waals surface area contributed by atoms with Gasteiger partial charge in [-0.25, -0.2) is 0 Å². The van der Waals surface area contributed by atoms with Crippen LogP contribution in [0.5, 0.6) is 0 Å². The molecule has 10 heavy (non-hydrogen) atoms. The third kappa shape index (κ3) is 5.21. The van der Waals surface area contributed by atoms with E-state index in [-0.39, 0.29) is 17.1 Å². The molecule has 4 heteroatoms. The van der Waals surface area contributed by atoms with Gasteiger partial charge in [-0.3, -0.25) is 0 Å². The maximum absolute atomic E-state index is 4.20. The molecular formula is C6H12CuN3-3. The Morgan fingerprint density at radius 3 is 0.900 bits per heavy atom. The molecule has 0 spiro atoms. The molecule has 1 aliphatic rings. The number of hydrogen-bond donors (Lipinski definition) is 0. The molecule has 0 atom stereocenters. The van der Waals surface area contributed by atoms with Crippen molar-refractivity contribution in [3.05, 3.63) is 16.0 Å². The monoisotopic (exact) mass is 189 g/mol. The molecule has 0 aromatic heterocycles. The number of nitrogens with zero attached hydrogens (tertiary/aromatic N) is 3. The summed E-state index contributed by atoms with van der Waals surface area (Å²) in [4.78, 5) is 0. The maximum Gasteiger partial charge on any atom is 0 e. The Bertz CT molecular complexity index is 41.5. The third-order valence-corrected chi connectivity index (χ3v) is 1.25. The topological polar surface area (TPSA) is 42.3 Å². The molecule has 1 radical (unpaired) electrons. The predicted molar refractivity (Wildman–Crippen MR) is 39.3 cm³/mol. The van der Waals surface area contributed by atoms with E-state index in [4.69, 9.17) is 0 Å². The Labute approximate surface area is 72.8 Å². The van der Waals surface area contributed by atoms with E-state index >= 15 is 0 Å². The van der Waals surface area contributed by atoms with Gasteiger partial charge in [0, 0.05) is 17.1 Å². The molecule has 0 aliphatic carbocycles. The van der Waals surface area contributed by atoms with Crippen LogP contribution in [0.4, 0.5) is 0 Å². The zero-order chi connectivity index (χ0) is 6.36. The fraction of sp³-hybridized carbons (Fsp3) is 1.00. The van der Waals surface area contributed by atoms with E-state index in [1.54, 1.807) is 0 Å². The van der Waals surface area contributed by atoms with Crippen LogP contribution in [0, 0.1) is 0 Å². The van der Waals surface area contributed by atoms with Gasteiger partial charge >= 0.3 is 0 Å². The number of hydrogen-bond acceptors (Lipinski definition) is 0. The van der Waals surface area contributed by atoms with Crippen LogP contribution >= 0.6 is 0 Å². The summed E-state index contributed by atoms with van der Waals surface area (Å²) in [5, 5.41) is 12.6. The van der Waals surface area contributed by atoms with Gasteiger partial charge in [-0.1, -0.05) is 0 Å². The second-order valence-corrected chi connectivity index (χ2v) is 2.01. The fourth-order valence-corrected chi connectivity index (χ4v) is 0.760. The van der Waals surface area contributed by atoms with Gasteiger partial charge in [0.2, 0.25) is 0 Å². The Morgan fingerprint density at radius 2 is 0.700 bits per heavy atom. The van der Waals surface area contributed by atoms with Crippen molar-refractivity contribution < 1.29 is 17.1 Å². The molecule has 0 aromatic rings. The largest absolute Gasteiger partial charge is 0.665 e. The SMILES string of the molecule is C1C[N-]CC[N-]CC[N-]1.[Cu]. The van der Waals surface area contributed by atoms with Crippen molar-refractivity contribution in [1.29, 1.82) is 0 Å². The van der Waals surface area contributed by atoms with Crippen LogP contribution in [0.25, 0.3) is 16.0 Å². The van der Waals surface area contributed by atoms with Crippen molar-refractivity contribution >= 4 is 0 Å².